The second-order valence-corrected chi connectivity index (χ2v) is 5.47. The molecule has 1 aromatic rings. The smallest absolute Gasteiger partial charge is 0.312 e. The van der Waals surface area contributed by atoms with Gasteiger partial charge in [-0.3, -0.25) is 10.1 Å². The van der Waals surface area contributed by atoms with Crippen molar-refractivity contribution in [3.63, 3.8) is 0 Å². The minimum absolute atomic E-state index is 0.00125. The van der Waals surface area contributed by atoms with Gasteiger partial charge in [0.1, 0.15) is 0 Å². The van der Waals surface area contributed by atoms with Crippen LogP contribution in [0.1, 0.15) is 19.3 Å². The number of ether oxygens (including phenoxy) is 1. The van der Waals surface area contributed by atoms with E-state index in [0.717, 1.165) is 32.5 Å². The number of aromatic nitrogens is 1. The Hall–Kier alpha value is -1.21. The molecule has 1 N–H and O–H groups in total. The van der Waals surface area contributed by atoms with E-state index in [1.165, 1.54) is 6.07 Å². The lowest BCUT2D eigenvalue weighted by molar-refractivity contribution is -0.384. The Morgan fingerprint density at radius 1 is 1.53 bits per heavy atom. The first kappa shape index (κ1) is 14.2. The second-order valence-electron chi connectivity index (χ2n) is 4.55. The molecule has 2 heterocycles. The maximum atomic E-state index is 10.9. The predicted molar refractivity (Wildman–Crippen MR) is 75.2 cm³/mol. The highest BCUT2D eigenvalue weighted by Crippen LogP contribution is 2.26. The quantitative estimate of drug-likeness (QED) is 0.663. The molecule has 2 rings (SSSR count). The summed E-state index contributed by atoms with van der Waals surface area (Å²) in [5, 5.41) is 14.0. The van der Waals surface area contributed by atoms with Crippen LogP contribution in [0.4, 0.5) is 11.5 Å². The molecule has 0 saturated carbocycles. The minimum atomic E-state index is -0.422. The van der Waals surface area contributed by atoms with Gasteiger partial charge < -0.3 is 10.1 Å². The third kappa shape index (κ3) is 4.14. The van der Waals surface area contributed by atoms with E-state index < -0.39 is 4.92 Å². The molecule has 1 aliphatic rings. The van der Waals surface area contributed by atoms with Gasteiger partial charge in [0.25, 0.3) is 0 Å². The largest absolute Gasteiger partial charge is 0.381 e. The Kier molecular flexibility index (Phi) is 5.09. The Morgan fingerprint density at radius 3 is 2.95 bits per heavy atom. The van der Waals surface area contributed by atoms with Crippen molar-refractivity contribution in [3.8, 4) is 0 Å². The summed E-state index contributed by atoms with van der Waals surface area (Å²) in [6.07, 6.45) is 4.68. The van der Waals surface area contributed by atoms with E-state index in [1.807, 2.05) is 0 Å². The van der Waals surface area contributed by atoms with E-state index in [9.17, 15) is 10.1 Å². The van der Waals surface area contributed by atoms with Gasteiger partial charge in [0.15, 0.2) is 0 Å². The molecule has 6 nitrogen and oxygen atoms in total. The standard InChI is InChI=1S/C12H16BrN3O3/c13-10-7-11(16(17)18)12(15-8-10)14-4-1-9-2-5-19-6-3-9/h7-9H,1-6H2,(H,14,15). The van der Waals surface area contributed by atoms with Crippen molar-refractivity contribution in [3.05, 3.63) is 26.9 Å². The first-order valence-electron chi connectivity index (χ1n) is 6.28. The van der Waals surface area contributed by atoms with Crippen LogP contribution in [-0.2, 0) is 4.74 Å². The fraction of sp³-hybridized carbons (Fsp3) is 0.583. The molecule has 104 valence electrons. The minimum Gasteiger partial charge on any atom is -0.381 e. The average molecular weight is 330 g/mol. The van der Waals surface area contributed by atoms with Gasteiger partial charge in [-0.1, -0.05) is 0 Å². The summed E-state index contributed by atoms with van der Waals surface area (Å²) in [6, 6.07) is 1.46. The fourth-order valence-electron chi connectivity index (χ4n) is 2.13. The first-order valence-corrected chi connectivity index (χ1v) is 7.07. The Balaban J connectivity index is 1.89. The van der Waals surface area contributed by atoms with Crippen LogP contribution >= 0.6 is 15.9 Å². The second kappa shape index (κ2) is 6.81. The number of pyridine rings is 1. The molecule has 0 spiro atoms. The molecular formula is C12H16BrN3O3. The topological polar surface area (TPSA) is 77.3 Å². The predicted octanol–water partition coefficient (Wildman–Crippen LogP) is 2.98. The molecule has 0 bridgehead atoms. The van der Waals surface area contributed by atoms with Crippen molar-refractivity contribution in [1.82, 2.24) is 4.98 Å². The molecule has 0 aliphatic carbocycles. The number of anilines is 1. The lowest BCUT2D eigenvalue weighted by Crippen LogP contribution is -2.18. The summed E-state index contributed by atoms with van der Waals surface area (Å²) in [5.41, 5.74) is 0.00125. The van der Waals surface area contributed by atoms with Gasteiger partial charge in [-0.2, -0.15) is 0 Å². The van der Waals surface area contributed by atoms with Gasteiger partial charge in [0.2, 0.25) is 5.82 Å². The number of nitro groups is 1. The average Bonchev–Trinajstić information content (AvgIpc) is 2.41. The van der Waals surface area contributed by atoms with Crippen LogP contribution in [0.2, 0.25) is 0 Å². The van der Waals surface area contributed by atoms with Crippen molar-refractivity contribution in [2.45, 2.75) is 19.3 Å². The van der Waals surface area contributed by atoms with Gasteiger partial charge in [-0.05, 0) is 41.1 Å². The zero-order chi connectivity index (χ0) is 13.7. The monoisotopic (exact) mass is 329 g/mol. The van der Waals surface area contributed by atoms with Crippen molar-refractivity contribution in [2.24, 2.45) is 5.92 Å². The SMILES string of the molecule is O=[N+]([O-])c1cc(Br)cnc1NCCC1CCOCC1. The molecule has 0 unspecified atom stereocenters. The van der Waals surface area contributed by atoms with E-state index in [2.05, 4.69) is 26.2 Å². The Bertz CT molecular complexity index is 450. The van der Waals surface area contributed by atoms with E-state index in [4.69, 9.17) is 4.74 Å². The lowest BCUT2D eigenvalue weighted by Gasteiger charge is -2.21. The zero-order valence-corrected chi connectivity index (χ0v) is 12.1. The molecule has 7 heteroatoms. The van der Waals surface area contributed by atoms with E-state index >= 15 is 0 Å². The van der Waals surface area contributed by atoms with Crippen LogP contribution in [0.15, 0.2) is 16.7 Å². The van der Waals surface area contributed by atoms with Crippen molar-refractivity contribution in [1.29, 1.82) is 0 Å². The van der Waals surface area contributed by atoms with Gasteiger partial charge >= 0.3 is 5.69 Å². The molecule has 19 heavy (non-hydrogen) atoms. The van der Waals surface area contributed by atoms with Gasteiger partial charge in [0, 0.05) is 36.5 Å². The number of rotatable bonds is 5. The number of hydrogen-bond acceptors (Lipinski definition) is 5. The molecule has 0 radical (unpaired) electrons. The molecule has 1 saturated heterocycles. The summed E-state index contributed by atoms with van der Waals surface area (Å²) in [5.74, 6) is 0.969. The molecule has 1 aromatic heterocycles. The maximum Gasteiger partial charge on any atom is 0.312 e. The van der Waals surface area contributed by atoms with Crippen LogP contribution < -0.4 is 5.32 Å². The third-order valence-corrected chi connectivity index (χ3v) is 3.65. The molecule has 1 fully saturated rings. The highest BCUT2D eigenvalue weighted by molar-refractivity contribution is 9.10. The maximum absolute atomic E-state index is 10.9. The molecular weight excluding hydrogens is 314 g/mol. The number of hydrogen-bond donors (Lipinski definition) is 1. The Labute approximate surface area is 119 Å². The van der Waals surface area contributed by atoms with E-state index in [0.29, 0.717) is 22.8 Å². The highest BCUT2D eigenvalue weighted by Gasteiger charge is 2.17. The molecule has 0 amide bonds. The molecule has 1 aliphatic heterocycles. The zero-order valence-electron chi connectivity index (χ0n) is 10.5. The summed E-state index contributed by atoms with van der Waals surface area (Å²) < 4.78 is 5.91. The van der Waals surface area contributed by atoms with Crippen LogP contribution in [0.5, 0.6) is 0 Å². The van der Waals surface area contributed by atoms with Crippen molar-refractivity contribution in [2.75, 3.05) is 25.1 Å². The van der Waals surface area contributed by atoms with E-state index in [1.54, 1.807) is 6.20 Å². The number of halogens is 1. The van der Waals surface area contributed by atoms with Crippen molar-refractivity contribution >= 4 is 27.4 Å². The lowest BCUT2D eigenvalue weighted by atomic mass is 9.97. The van der Waals surface area contributed by atoms with Crippen molar-refractivity contribution < 1.29 is 9.66 Å². The van der Waals surface area contributed by atoms with Crippen LogP contribution in [0.25, 0.3) is 0 Å². The summed E-state index contributed by atoms with van der Waals surface area (Å²) >= 11 is 3.19. The number of nitrogens with one attached hydrogen (secondary N) is 1. The highest BCUT2D eigenvalue weighted by atomic mass is 79.9. The summed E-state index contributed by atoms with van der Waals surface area (Å²) in [4.78, 5) is 14.6. The fourth-order valence-corrected chi connectivity index (χ4v) is 2.45. The summed E-state index contributed by atoms with van der Waals surface area (Å²) in [7, 11) is 0. The molecule has 0 atom stereocenters. The first-order chi connectivity index (χ1) is 9.16. The van der Waals surface area contributed by atoms with Crippen LogP contribution in [-0.4, -0.2) is 29.7 Å². The summed E-state index contributed by atoms with van der Waals surface area (Å²) in [6.45, 7) is 2.34. The van der Waals surface area contributed by atoms with Crippen LogP contribution in [0, 0.1) is 16.0 Å². The van der Waals surface area contributed by atoms with Gasteiger partial charge in [-0.25, -0.2) is 4.98 Å². The van der Waals surface area contributed by atoms with Gasteiger partial charge in [0.05, 0.1) is 4.92 Å². The third-order valence-electron chi connectivity index (χ3n) is 3.22. The van der Waals surface area contributed by atoms with Gasteiger partial charge in [-0.15, -0.1) is 0 Å². The number of nitrogens with zero attached hydrogens (tertiary/aromatic N) is 2. The van der Waals surface area contributed by atoms with Crippen LogP contribution in [0.3, 0.4) is 0 Å². The normalized spacial score (nSPS) is 16.3. The Morgan fingerprint density at radius 2 is 2.26 bits per heavy atom. The van der Waals surface area contributed by atoms with E-state index in [-0.39, 0.29) is 5.69 Å². The molecule has 0 aromatic carbocycles.